The number of rotatable bonds is 6. The van der Waals surface area contributed by atoms with E-state index in [1.807, 2.05) is 24.3 Å². The van der Waals surface area contributed by atoms with Gasteiger partial charge in [0.25, 0.3) is 0 Å². The summed E-state index contributed by atoms with van der Waals surface area (Å²) in [5, 5.41) is 4.88. The van der Waals surface area contributed by atoms with Gasteiger partial charge >= 0.3 is 0 Å². The average molecular weight is 676 g/mol. The highest BCUT2D eigenvalue weighted by molar-refractivity contribution is 6.21. The first kappa shape index (κ1) is 30.8. The van der Waals surface area contributed by atoms with Crippen molar-refractivity contribution in [3.05, 3.63) is 200 Å². The van der Waals surface area contributed by atoms with E-state index in [2.05, 4.69) is 176 Å². The maximum absolute atomic E-state index is 6.10. The second kappa shape index (κ2) is 12.9. The van der Waals surface area contributed by atoms with Crippen molar-refractivity contribution in [2.45, 2.75) is 0 Å². The van der Waals surface area contributed by atoms with Crippen molar-refractivity contribution in [3.8, 4) is 67.1 Å². The highest BCUT2D eigenvalue weighted by Crippen LogP contribution is 2.46. The van der Waals surface area contributed by atoms with Crippen LogP contribution in [0.1, 0.15) is 0 Å². The summed E-state index contributed by atoms with van der Waals surface area (Å²) in [6, 6.07) is 71.5. The molecule has 0 atom stereocenters. The summed E-state index contributed by atoms with van der Waals surface area (Å²) in [4.78, 5) is 4.74. The van der Waals surface area contributed by atoms with E-state index >= 15 is 0 Å². The third kappa shape index (κ3) is 5.40. The number of fused-ring (bicyclic) bond motifs is 3. The first-order valence-electron chi connectivity index (χ1n) is 18.0. The van der Waals surface area contributed by atoms with Gasteiger partial charge in [-0.15, -0.1) is 0 Å². The Morgan fingerprint density at radius 1 is 0.302 bits per heavy atom. The SMILES string of the molecule is c1ccc(-c2ccccc2-c2ccc(-c3c4ccccc4c(-c4ccc(-c5nc6ccccc6o5)cc4)c4ccccc34)cc2-c2ccccc2)cc1. The van der Waals surface area contributed by atoms with E-state index < -0.39 is 0 Å². The van der Waals surface area contributed by atoms with Gasteiger partial charge in [-0.3, -0.25) is 0 Å². The average Bonchev–Trinajstić information content (AvgIpc) is 3.68. The largest absolute Gasteiger partial charge is 0.436 e. The highest BCUT2D eigenvalue weighted by Gasteiger charge is 2.19. The van der Waals surface area contributed by atoms with E-state index in [1.54, 1.807) is 0 Å². The van der Waals surface area contributed by atoms with Crippen LogP contribution in [-0.4, -0.2) is 4.98 Å². The van der Waals surface area contributed by atoms with E-state index in [9.17, 15) is 0 Å². The Balaban J connectivity index is 1.17. The first-order valence-corrected chi connectivity index (χ1v) is 18.0. The summed E-state index contributed by atoms with van der Waals surface area (Å²) < 4.78 is 6.10. The lowest BCUT2D eigenvalue weighted by molar-refractivity contribution is 0.620. The van der Waals surface area contributed by atoms with Crippen LogP contribution in [0.5, 0.6) is 0 Å². The third-order valence-corrected chi connectivity index (χ3v) is 10.3. The quantitative estimate of drug-likeness (QED) is 0.164. The van der Waals surface area contributed by atoms with Crippen molar-refractivity contribution < 1.29 is 4.42 Å². The van der Waals surface area contributed by atoms with Gasteiger partial charge in [-0.2, -0.15) is 0 Å². The number of aromatic nitrogens is 1. The summed E-state index contributed by atoms with van der Waals surface area (Å²) in [6.45, 7) is 0. The van der Waals surface area contributed by atoms with Crippen molar-refractivity contribution in [2.75, 3.05) is 0 Å². The van der Waals surface area contributed by atoms with Crippen LogP contribution >= 0.6 is 0 Å². The second-order valence-electron chi connectivity index (χ2n) is 13.4. The molecule has 0 saturated carbocycles. The van der Waals surface area contributed by atoms with E-state index in [0.717, 1.165) is 22.2 Å². The minimum Gasteiger partial charge on any atom is -0.436 e. The van der Waals surface area contributed by atoms with Crippen LogP contribution in [0.2, 0.25) is 0 Å². The van der Waals surface area contributed by atoms with Gasteiger partial charge in [0.2, 0.25) is 5.89 Å². The van der Waals surface area contributed by atoms with Crippen molar-refractivity contribution in [2.24, 2.45) is 0 Å². The van der Waals surface area contributed by atoms with Gasteiger partial charge in [0.1, 0.15) is 5.52 Å². The standard InChI is InChI=1S/C51H33NO/c1-3-15-34(16-4-1)39-19-7-8-20-40(39)41-32-31-38(33-46(41)35-17-5-2-6-18-35)50-44-23-11-9-21-42(44)49(43-22-10-12-24-45(43)50)36-27-29-37(30-28-36)51-52-47-25-13-14-26-48(47)53-51/h1-33H. The van der Waals surface area contributed by atoms with Crippen LogP contribution < -0.4 is 0 Å². The number of oxazole rings is 1. The van der Waals surface area contributed by atoms with Gasteiger partial charge < -0.3 is 4.42 Å². The molecular weight excluding hydrogens is 643 g/mol. The molecule has 0 amide bonds. The Morgan fingerprint density at radius 3 is 1.38 bits per heavy atom. The van der Waals surface area contributed by atoms with Crippen LogP contribution in [0, 0.1) is 0 Å². The lowest BCUT2D eigenvalue weighted by Gasteiger charge is -2.20. The molecule has 9 aromatic carbocycles. The summed E-state index contributed by atoms with van der Waals surface area (Å²) in [7, 11) is 0. The molecule has 53 heavy (non-hydrogen) atoms. The zero-order valence-electron chi connectivity index (χ0n) is 28.9. The maximum Gasteiger partial charge on any atom is 0.227 e. The zero-order chi connectivity index (χ0) is 35.1. The van der Waals surface area contributed by atoms with Crippen LogP contribution in [-0.2, 0) is 0 Å². The second-order valence-corrected chi connectivity index (χ2v) is 13.4. The van der Waals surface area contributed by atoms with Crippen LogP contribution in [0.15, 0.2) is 205 Å². The molecule has 1 heterocycles. The fourth-order valence-corrected chi connectivity index (χ4v) is 7.90. The van der Waals surface area contributed by atoms with Gasteiger partial charge in [0.05, 0.1) is 0 Å². The van der Waals surface area contributed by atoms with Crippen molar-refractivity contribution >= 4 is 32.6 Å². The molecule has 0 radical (unpaired) electrons. The van der Waals surface area contributed by atoms with Gasteiger partial charge in [0, 0.05) is 5.56 Å². The molecule has 0 N–H and O–H groups in total. The molecule has 0 fully saturated rings. The number of nitrogens with zero attached hydrogens (tertiary/aromatic N) is 1. The Labute approximate surface area is 308 Å². The predicted molar refractivity (Wildman–Crippen MR) is 222 cm³/mol. The molecule has 0 aliphatic heterocycles. The predicted octanol–water partition coefficient (Wildman–Crippen LogP) is 14.1. The lowest BCUT2D eigenvalue weighted by atomic mass is 9.83. The highest BCUT2D eigenvalue weighted by atomic mass is 16.3. The Kier molecular flexibility index (Phi) is 7.51. The fraction of sp³-hybridized carbons (Fsp3) is 0. The van der Waals surface area contributed by atoms with Crippen LogP contribution in [0.3, 0.4) is 0 Å². The lowest BCUT2D eigenvalue weighted by Crippen LogP contribution is -1.93. The molecule has 0 spiro atoms. The molecular formula is C51H33NO. The molecule has 0 aliphatic rings. The van der Waals surface area contributed by atoms with Gasteiger partial charge in [0.15, 0.2) is 5.58 Å². The normalized spacial score (nSPS) is 11.4. The molecule has 248 valence electrons. The smallest absolute Gasteiger partial charge is 0.227 e. The van der Waals surface area contributed by atoms with E-state index in [4.69, 9.17) is 9.40 Å². The molecule has 0 aliphatic carbocycles. The molecule has 0 unspecified atom stereocenters. The number of para-hydroxylation sites is 2. The summed E-state index contributed by atoms with van der Waals surface area (Å²) in [5.41, 5.74) is 14.7. The van der Waals surface area contributed by atoms with E-state index in [1.165, 1.54) is 71.6 Å². The summed E-state index contributed by atoms with van der Waals surface area (Å²) in [6.07, 6.45) is 0. The molecule has 10 aromatic rings. The third-order valence-electron chi connectivity index (χ3n) is 10.3. The minimum atomic E-state index is 0.631. The van der Waals surface area contributed by atoms with E-state index in [-0.39, 0.29) is 0 Å². The van der Waals surface area contributed by atoms with Crippen molar-refractivity contribution in [1.82, 2.24) is 4.98 Å². The Bertz CT molecular complexity index is 2830. The zero-order valence-corrected chi connectivity index (χ0v) is 28.9. The van der Waals surface area contributed by atoms with Crippen LogP contribution in [0.4, 0.5) is 0 Å². The van der Waals surface area contributed by atoms with E-state index in [0.29, 0.717) is 5.89 Å². The topological polar surface area (TPSA) is 26.0 Å². The molecule has 2 nitrogen and oxygen atoms in total. The van der Waals surface area contributed by atoms with Gasteiger partial charge in [-0.25, -0.2) is 4.98 Å². The molecule has 0 saturated heterocycles. The van der Waals surface area contributed by atoms with Crippen LogP contribution in [0.25, 0.3) is 99.7 Å². The number of benzene rings is 9. The molecule has 1 aromatic heterocycles. The molecule has 0 bridgehead atoms. The molecule has 10 rings (SSSR count). The summed E-state index contributed by atoms with van der Waals surface area (Å²) in [5.74, 6) is 0.631. The number of hydrogen-bond acceptors (Lipinski definition) is 2. The Morgan fingerprint density at radius 2 is 0.755 bits per heavy atom. The maximum atomic E-state index is 6.10. The molecule has 2 heteroatoms. The van der Waals surface area contributed by atoms with Gasteiger partial charge in [-0.05, 0) is 108 Å². The fourth-order valence-electron chi connectivity index (χ4n) is 7.90. The number of hydrogen-bond donors (Lipinski definition) is 0. The van der Waals surface area contributed by atoms with Crippen molar-refractivity contribution in [3.63, 3.8) is 0 Å². The Hall–Kier alpha value is -7.03. The monoisotopic (exact) mass is 675 g/mol. The summed E-state index contributed by atoms with van der Waals surface area (Å²) >= 11 is 0. The first-order chi connectivity index (χ1) is 26.3. The van der Waals surface area contributed by atoms with Gasteiger partial charge in [-0.1, -0.05) is 170 Å². The van der Waals surface area contributed by atoms with Crippen molar-refractivity contribution in [1.29, 1.82) is 0 Å². The minimum absolute atomic E-state index is 0.631.